The summed E-state index contributed by atoms with van der Waals surface area (Å²) in [5, 5.41) is 16.4. The lowest BCUT2D eigenvalue weighted by atomic mass is 10.1. The summed E-state index contributed by atoms with van der Waals surface area (Å²) >= 11 is 0. The number of nitriles is 1. The molecule has 11 heteroatoms. The van der Waals surface area contributed by atoms with Crippen LogP contribution in [-0.4, -0.2) is 34.6 Å². The molecule has 0 spiro atoms. The molecule has 4 aromatic heterocycles. The molecule has 6 aromatic rings. The van der Waals surface area contributed by atoms with Gasteiger partial charge >= 0.3 is 0 Å². The number of rotatable bonds is 5. The molecule has 0 saturated carbocycles. The quantitative estimate of drug-likeness (QED) is 0.259. The van der Waals surface area contributed by atoms with Gasteiger partial charge in [-0.3, -0.25) is 5.41 Å². The van der Waals surface area contributed by atoms with E-state index >= 15 is 0 Å². The summed E-state index contributed by atoms with van der Waals surface area (Å²) in [7, 11) is 0. The summed E-state index contributed by atoms with van der Waals surface area (Å²) in [5.74, 6) is -0.695. The van der Waals surface area contributed by atoms with Gasteiger partial charge in [0.25, 0.3) is 0 Å². The fourth-order valence-corrected chi connectivity index (χ4v) is 4.06. The van der Waals surface area contributed by atoms with E-state index in [4.69, 9.17) is 16.4 Å². The molecule has 0 saturated heterocycles. The Labute approximate surface area is 221 Å². The lowest BCUT2D eigenvalue weighted by Crippen LogP contribution is -2.16. The van der Waals surface area contributed by atoms with E-state index in [9.17, 15) is 8.78 Å². The second-order valence-corrected chi connectivity index (χ2v) is 8.52. The fourth-order valence-electron chi connectivity index (χ4n) is 4.06. The minimum Gasteiger partial charge on any atom is -0.382 e. The van der Waals surface area contributed by atoms with E-state index in [1.165, 1.54) is 12.1 Å². The van der Waals surface area contributed by atoms with E-state index in [0.717, 1.165) is 0 Å². The zero-order chi connectivity index (χ0) is 27.4. The van der Waals surface area contributed by atoms with Crippen LogP contribution >= 0.6 is 0 Å². The summed E-state index contributed by atoms with van der Waals surface area (Å²) in [6.07, 6.45) is 10.6. The zero-order valence-corrected chi connectivity index (χ0v) is 20.5. The molecule has 0 unspecified atom stereocenters. The van der Waals surface area contributed by atoms with Crippen LogP contribution in [0, 0.1) is 28.4 Å². The van der Waals surface area contributed by atoms with E-state index in [1.54, 1.807) is 82.4 Å². The average Bonchev–Trinajstić information content (AvgIpc) is 3.61. The summed E-state index contributed by atoms with van der Waals surface area (Å²) in [4.78, 5) is 16.9. The molecule has 0 aliphatic rings. The Morgan fingerprint density at radius 3 is 1.85 bits per heavy atom. The van der Waals surface area contributed by atoms with Gasteiger partial charge in [0, 0.05) is 50.0 Å². The highest BCUT2D eigenvalue weighted by molar-refractivity contribution is 5.93. The highest BCUT2D eigenvalue weighted by Gasteiger charge is 2.12. The van der Waals surface area contributed by atoms with Gasteiger partial charge in [-0.1, -0.05) is 36.4 Å². The summed E-state index contributed by atoms with van der Waals surface area (Å²) in [5.41, 5.74) is 9.65. The molecule has 6 rings (SSSR count). The van der Waals surface area contributed by atoms with Gasteiger partial charge in [-0.05, 0) is 23.3 Å². The van der Waals surface area contributed by atoms with E-state index in [1.807, 2.05) is 6.07 Å². The first kappa shape index (κ1) is 25.2. The third-order valence-electron chi connectivity index (χ3n) is 5.91. The normalized spacial score (nSPS) is 10.7. The summed E-state index contributed by atoms with van der Waals surface area (Å²) in [6.45, 7) is 0. The SMILES string of the molecule is N#Cc1cn2ccnc2c(Cc2ccccc2F)n1.N=C(N)c1cn2ccnc2c(Cc2ccccc2F)n1. The third kappa shape index (κ3) is 5.45. The molecule has 9 nitrogen and oxygen atoms in total. The molecule has 0 bridgehead atoms. The molecule has 0 radical (unpaired) electrons. The first-order valence-corrected chi connectivity index (χ1v) is 11.8. The van der Waals surface area contributed by atoms with Crippen LogP contribution in [0.4, 0.5) is 8.78 Å². The second-order valence-electron chi connectivity index (χ2n) is 8.52. The predicted octanol–water partition coefficient (Wildman–Crippen LogP) is 4.07. The minimum absolute atomic E-state index is 0.129. The fraction of sp³-hybridized carbons (Fsp3) is 0.0714. The Morgan fingerprint density at radius 1 is 0.821 bits per heavy atom. The number of fused-ring (bicyclic) bond motifs is 2. The Hall–Kier alpha value is -5.50. The van der Waals surface area contributed by atoms with Crippen molar-refractivity contribution in [3.63, 3.8) is 0 Å². The molecular formula is C28H21F2N9. The second kappa shape index (κ2) is 10.9. The van der Waals surface area contributed by atoms with Crippen molar-refractivity contribution in [1.29, 1.82) is 10.7 Å². The smallest absolute Gasteiger partial charge is 0.158 e. The van der Waals surface area contributed by atoms with Gasteiger partial charge in [0.1, 0.15) is 29.2 Å². The number of aromatic nitrogens is 6. The summed E-state index contributed by atoms with van der Waals surface area (Å²) in [6, 6.07) is 15.1. The number of benzene rings is 2. The topological polar surface area (TPSA) is 134 Å². The number of nitrogens with zero attached hydrogens (tertiary/aromatic N) is 7. The Balaban J connectivity index is 0.000000158. The van der Waals surface area contributed by atoms with Crippen LogP contribution in [-0.2, 0) is 12.8 Å². The molecule has 192 valence electrons. The van der Waals surface area contributed by atoms with Crippen molar-refractivity contribution in [3.8, 4) is 6.07 Å². The first-order valence-electron chi connectivity index (χ1n) is 11.8. The van der Waals surface area contributed by atoms with Gasteiger partial charge in [0.05, 0.1) is 11.4 Å². The molecular weight excluding hydrogens is 500 g/mol. The molecule has 0 aliphatic heterocycles. The Bertz CT molecular complexity index is 1850. The monoisotopic (exact) mass is 521 g/mol. The molecule has 0 amide bonds. The number of nitrogens with two attached hydrogens (primary N) is 1. The van der Waals surface area contributed by atoms with Crippen LogP contribution in [0.5, 0.6) is 0 Å². The Morgan fingerprint density at radius 2 is 1.33 bits per heavy atom. The van der Waals surface area contributed by atoms with Crippen LogP contribution in [0.25, 0.3) is 11.3 Å². The highest BCUT2D eigenvalue weighted by atomic mass is 19.1. The maximum atomic E-state index is 13.7. The van der Waals surface area contributed by atoms with Crippen molar-refractivity contribution in [2.24, 2.45) is 5.73 Å². The largest absolute Gasteiger partial charge is 0.382 e. The number of nitrogens with one attached hydrogen (secondary N) is 1. The Kier molecular flexibility index (Phi) is 7.00. The van der Waals surface area contributed by atoms with Crippen LogP contribution in [0.15, 0.2) is 85.7 Å². The van der Waals surface area contributed by atoms with Crippen LogP contribution < -0.4 is 5.73 Å². The van der Waals surface area contributed by atoms with Gasteiger partial charge in [0.2, 0.25) is 0 Å². The summed E-state index contributed by atoms with van der Waals surface area (Å²) < 4.78 is 30.9. The molecule has 4 heterocycles. The lowest BCUT2D eigenvalue weighted by Gasteiger charge is -2.07. The number of hydrogen-bond acceptors (Lipinski definition) is 6. The molecule has 0 atom stereocenters. The zero-order valence-electron chi connectivity index (χ0n) is 20.5. The highest BCUT2D eigenvalue weighted by Crippen LogP contribution is 2.17. The maximum Gasteiger partial charge on any atom is 0.158 e. The average molecular weight is 522 g/mol. The number of nitrogen functional groups attached to an aromatic ring is 1. The van der Waals surface area contributed by atoms with Gasteiger partial charge in [0.15, 0.2) is 17.0 Å². The molecule has 2 aromatic carbocycles. The number of imidazole rings is 2. The van der Waals surface area contributed by atoms with Crippen LogP contribution in [0.3, 0.4) is 0 Å². The first-order chi connectivity index (χ1) is 18.9. The lowest BCUT2D eigenvalue weighted by molar-refractivity contribution is 0.613. The van der Waals surface area contributed by atoms with Crippen molar-refractivity contribution in [3.05, 3.63) is 131 Å². The molecule has 0 aliphatic carbocycles. The van der Waals surface area contributed by atoms with Crippen LogP contribution in [0.1, 0.15) is 33.9 Å². The third-order valence-corrected chi connectivity index (χ3v) is 5.91. The number of hydrogen-bond donors (Lipinski definition) is 2. The van der Waals surface area contributed by atoms with Crippen molar-refractivity contribution in [1.82, 2.24) is 28.7 Å². The van der Waals surface area contributed by atoms with E-state index in [0.29, 0.717) is 52.3 Å². The molecule has 0 fully saturated rings. The predicted molar refractivity (Wildman–Crippen MR) is 140 cm³/mol. The van der Waals surface area contributed by atoms with Gasteiger partial charge in [-0.15, -0.1) is 0 Å². The molecule has 39 heavy (non-hydrogen) atoms. The maximum absolute atomic E-state index is 13.7. The van der Waals surface area contributed by atoms with Gasteiger partial charge in [-0.25, -0.2) is 28.7 Å². The van der Waals surface area contributed by atoms with Crippen molar-refractivity contribution in [2.45, 2.75) is 12.8 Å². The van der Waals surface area contributed by atoms with E-state index < -0.39 is 0 Å². The van der Waals surface area contributed by atoms with Crippen molar-refractivity contribution < 1.29 is 8.78 Å². The molecule has 3 N–H and O–H groups in total. The number of amidine groups is 1. The van der Waals surface area contributed by atoms with E-state index in [2.05, 4.69) is 19.9 Å². The van der Waals surface area contributed by atoms with Crippen molar-refractivity contribution >= 4 is 17.1 Å². The van der Waals surface area contributed by atoms with E-state index in [-0.39, 0.29) is 23.2 Å². The van der Waals surface area contributed by atoms with Gasteiger partial charge < -0.3 is 14.5 Å². The standard InChI is InChI=1S/C14H12FN5.C14H9FN4/c15-10-4-2-1-3-9(10)7-11-14-18-5-6-20(14)8-12(19-11)13(16)17;15-12-4-2-1-3-10(12)7-13-14-17-5-6-19(14)9-11(8-16)18-13/h1-6,8H,7H2,(H3,16,17);1-6,9H,7H2. The number of halogens is 2. The van der Waals surface area contributed by atoms with Gasteiger partial charge in [-0.2, -0.15) is 5.26 Å². The van der Waals surface area contributed by atoms with Crippen LogP contribution in [0.2, 0.25) is 0 Å². The minimum atomic E-state index is -0.285. The van der Waals surface area contributed by atoms with Crippen molar-refractivity contribution in [2.75, 3.05) is 0 Å².